The summed E-state index contributed by atoms with van der Waals surface area (Å²) in [5.74, 6) is -0.955. The number of Topliss-reactive ketones (excluding diaryl/α,β-unsaturated/α-hetero) is 1. The number of halogens is 2. The molecule has 1 unspecified atom stereocenters. The van der Waals surface area contributed by atoms with Crippen LogP contribution in [-0.2, 0) is 6.61 Å². The van der Waals surface area contributed by atoms with Crippen molar-refractivity contribution in [2.75, 3.05) is 0 Å². The maximum atomic E-state index is 13.5. The SMILES string of the molecule is CC(Br)C(=O)c1cccc(CO)c1F. The average molecular weight is 261 g/mol. The standard InChI is InChI=1S/C10H10BrFO2/c1-6(11)10(14)8-4-2-3-7(5-13)9(8)12/h2-4,6,13H,5H2,1H3. The molecule has 1 aromatic carbocycles. The zero-order chi connectivity index (χ0) is 10.7. The highest BCUT2D eigenvalue weighted by atomic mass is 79.9. The van der Waals surface area contributed by atoms with E-state index in [-0.39, 0.29) is 16.9 Å². The second kappa shape index (κ2) is 4.66. The molecule has 1 N–H and O–H groups in total. The molecule has 76 valence electrons. The van der Waals surface area contributed by atoms with Gasteiger partial charge in [0.05, 0.1) is 17.0 Å². The van der Waals surface area contributed by atoms with Crippen molar-refractivity contribution >= 4 is 21.7 Å². The molecule has 0 spiro atoms. The number of aliphatic hydroxyl groups is 1. The van der Waals surface area contributed by atoms with Crippen molar-refractivity contribution in [3.63, 3.8) is 0 Å². The van der Waals surface area contributed by atoms with Gasteiger partial charge < -0.3 is 5.11 Å². The van der Waals surface area contributed by atoms with Gasteiger partial charge in [0.25, 0.3) is 0 Å². The predicted molar refractivity (Wildman–Crippen MR) is 55.0 cm³/mol. The summed E-state index contributed by atoms with van der Waals surface area (Å²) in [5, 5.41) is 8.80. The average Bonchev–Trinajstić information content (AvgIpc) is 2.17. The molecule has 0 aliphatic carbocycles. The molecule has 0 saturated carbocycles. The molecule has 1 atom stereocenters. The number of hydrogen-bond acceptors (Lipinski definition) is 2. The van der Waals surface area contributed by atoms with E-state index in [9.17, 15) is 9.18 Å². The molecule has 0 saturated heterocycles. The second-order valence-corrected chi connectivity index (χ2v) is 4.29. The van der Waals surface area contributed by atoms with Crippen molar-refractivity contribution in [1.82, 2.24) is 0 Å². The molecule has 4 heteroatoms. The lowest BCUT2D eigenvalue weighted by Gasteiger charge is -2.06. The van der Waals surface area contributed by atoms with Crippen molar-refractivity contribution in [2.45, 2.75) is 18.4 Å². The number of hydrogen-bond donors (Lipinski definition) is 1. The number of alkyl halides is 1. The number of carbonyl (C=O) groups excluding carboxylic acids is 1. The van der Waals surface area contributed by atoms with Crippen molar-refractivity contribution in [1.29, 1.82) is 0 Å². The van der Waals surface area contributed by atoms with Gasteiger partial charge in [-0.05, 0) is 13.0 Å². The van der Waals surface area contributed by atoms with Crippen LogP contribution in [0, 0.1) is 5.82 Å². The topological polar surface area (TPSA) is 37.3 Å². The third-order valence-electron chi connectivity index (χ3n) is 1.88. The van der Waals surface area contributed by atoms with Crippen molar-refractivity contribution in [3.8, 4) is 0 Å². The van der Waals surface area contributed by atoms with Gasteiger partial charge >= 0.3 is 0 Å². The maximum absolute atomic E-state index is 13.5. The highest BCUT2D eigenvalue weighted by Gasteiger charge is 2.17. The summed E-state index contributed by atoms with van der Waals surface area (Å²) >= 11 is 3.08. The number of ketones is 1. The first-order chi connectivity index (χ1) is 6.57. The summed E-state index contributed by atoms with van der Waals surface area (Å²) in [5.41, 5.74) is 0.157. The molecule has 1 aromatic rings. The number of benzene rings is 1. The molecular weight excluding hydrogens is 251 g/mol. The van der Waals surface area contributed by atoms with Crippen molar-refractivity contribution in [3.05, 3.63) is 35.1 Å². The lowest BCUT2D eigenvalue weighted by atomic mass is 10.0. The van der Waals surface area contributed by atoms with Gasteiger partial charge in [0.15, 0.2) is 5.78 Å². The van der Waals surface area contributed by atoms with E-state index in [1.165, 1.54) is 12.1 Å². The predicted octanol–water partition coefficient (Wildman–Crippen LogP) is 2.28. The van der Waals surface area contributed by atoms with Crippen LogP contribution in [-0.4, -0.2) is 15.7 Å². The first kappa shape index (κ1) is 11.3. The third-order valence-corrected chi connectivity index (χ3v) is 2.29. The Bertz CT molecular complexity index is 350. The zero-order valence-corrected chi connectivity index (χ0v) is 9.21. The third kappa shape index (κ3) is 2.19. The molecular formula is C10H10BrFO2. The van der Waals surface area contributed by atoms with Gasteiger partial charge in [0.1, 0.15) is 5.82 Å². The highest BCUT2D eigenvalue weighted by Crippen LogP contribution is 2.17. The highest BCUT2D eigenvalue weighted by molar-refractivity contribution is 9.10. The van der Waals surface area contributed by atoms with Gasteiger partial charge in [-0.15, -0.1) is 0 Å². The largest absolute Gasteiger partial charge is 0.392 e. The molecule has 0 aliphatic rings. The Morgan fingerprint density at radius 2 is 2.29 bits per heavy atom. The Morgan fingerprint density at radius 1 is 1.64 bits per heavy atom. The summed E-state index contributed by atoms with van der Waals surface area (Å²) in [6.45, 7) is 1.23. The molecule has 0 heterocycles. The first-order valence-electron chi connectivity index (χ1n) is 4.14. The minimum atomic E-state index is -0.633. The number of rotatable bonds is 3. The minimum Gasteiger partial charge on any atom is -0.392 e. The van der Waals surface area contributed by atoms with E-state index in [0.29, 0.717) is 0 Å². The second-order valence-electron chi connectivity index (χ2n) is 2.92. The maximum Gasteiger partial charge on any atom is 0.179 e. The fourth-order valence-electron chi connectivity index (χ4n) is 1.11. The lowest BCUT2D eigenvalue weighted by Crippen LogP contribution is -2.13. The molecule has 0 fully saturated rings. The van der Waals surface area contributed by atoms with E-state index >= 15 is 0 Å². The van der Waals surface area contributed by atoms with Gasteiger partial charge in [0.2, 0.25) is 0 Å². The summed E-state index contributed by atoms with van der Waals surface area (Å²) < 4.78 is 13.5. The molecule has 14 heavy (non-hydrogen) atoms. The fourth-order valence-corrected chi connectivity index (χ4v) is 1.35. The normalized spacial score (nSPS) is 12.6. The summed E-state index contributed by atoms with van der Waals surface area (Å²) in [6, 6.07) is 4.41. The van der Waals surface area contributed by atoms with Crippen molar-refractivity contribution in [2.24, 2.45) is 0 Å². The fraction of sp³-hybridized carbons (Fsp3) is 0.300. The number of carbonyl (C=O) groups is 1. The van der Waals surface area contributed by atoms with Crippen LogP contribution < -0.4 is 0 Å². The van der Waals surface area contributed by atoms with Gasteiger partial charge in [-0.3, -0.25) is 4.79 Å². The molecule has 0 aliphatic heterocycles. The lowest BCUT2D eigenvalue weighted by molar-refractivity contribution is 0.0991. The molecule has 0 amide bonds. The van der Waals surface area contributed by atoms with E-state index in [2.05, 4.69) is 15.9 Å². The van der Waals surface area contributed by atoms with Crippen LogP contribution in [0.15, 0.2) is 18.2 Å². The van der Waals surface area contributed by atoms with Gasteiger partial charge in [0, 0.05) is 5.56 Å². The van der Waals surface area contributed by atoms with Crippen LogP contribution in [0.2, 0.25) is 0 Å². The van der Waals surface area contributed by atoms with Crippen LogP contribution in [0.3, 0.4) is 0 Å². The summed E-state index contributed by atoms with van der Waals surface area (Å²) in [4.78, 5) is 11.0. The van der Waals surface area contributed by atoms with Crippen LogP contribution >= 0.6 is 15.9 Å². The Labute approximate surface area is 89.9 Å². The van der Waals surface area contributed by atoms with Gasteiger partial charge in [-0.1, -0.05) is 28.1 Å². The van der Waals surface area contributed by atoms with E-state index in [1.54, 1.807) is 13.0 Å². The molecule has 2 nitrogen and oxygen atoms in total. The van der Waals surface area contributed by atoms with Crippen LogP contribution in [0.1, 0.15) is 22.8 Å². The van der Waals surface area contributed by atoms with Gasteiger partial charge in [-0.25, -0.2) is 4.39 Å². The van der Waals surface area contributed by atoms with E-state index < -0.39 is 17.3 Å². The zero-order valence-electron chi connectivity index (χ0n) is 7.63. The number of aliphatic hydroxyl groups excluding tert-OH is 1. The Morgan fingerprint density at radius 3 is 2.79 bits per heavy atom. The Hall–Kier alpha value is -0.740. The summed E-state index contributed by atoms with van der Waals surface area (Å²) in [6.07, 6.45) is 0. The smallest absolute Gasteiger partial charge is 0.179 e. The Balaban J connectivity index is 3.16. The monoisotopic (exact) mass is 260 g/mol. The van der Waals surface area contributed by atoms with E-state index in [4.69, 9.17) is 5.11 Å². The first-order valence-corrected chi connectivity index (χ1v) is 5.06. The molecule has 1 rings (SSSR count). The quantitative estimate of drug-likeness (QED) is 0.669. The molecule has 0 aromatic heterocycles. The van der Waals surface area contributed by atoms with Crippen LogP contribution in [0.4, 0.5) is 4.39 Å². The molecule has 0 radical (unpaired) electrons. The van der Waals surface area contributed by atoms with E-state index in [1.807, 2.05) is 0 Å². The van der Waals surface area contributed by atoms with Crippen molar-refractivity contribution < 1.29 is 14.3 Å². The van der Waals surface area contributed by atoms with Gasteiger partial charge in [-0.2, -0.15) is 0 Å². The minimum absolute atomic E-state index is 0.0147. The van der Waals surface area contributed by atoms with Crippen LogP contribution in [0.25, 0.3) is 0 Å². The Kier molecular flexibility index (Phi) is 3.77. The van der Waals surface area contributed by atoms with Crippen LogP contribution in [0.5, 0.6) is 0 Å². The van der Waals surface area contributed by atoms with E-state index in [0.717, 1.165) is 0 Å². The molecule has 0 bridgehead atoms. The summed E-state index contributed by atoms with van der Waals surface area (Å²) in [7, 11) is 0.